The minimum Gasteiger partial charge on any atom is -0.375 e. The number of hydrogen-bond acceptors (Lipinski definition) is 4. The van der Waals surface area contributed by atoms with Gasteiger partial charge in [-0.1, -0.05) is 41.0 Å². The minimum atomic E-state index is -4.26. The molecule has 0 radical (unpaired) electrons. The summed E-state index contributed by atoms with van der Waals surface area (Å²) < 4.78 is 33.5. The van der Waals surface area contributed by atoms with Crippen LogP contribution in [0.1, 0.15) is 80.1 Å². The lowest BCUT2D eigenvalue weighted by molar-refractivity contribution is -0.207. The first kappa shape index (κ1) is 22.5. The Morgan fingerprint density at radius 2 is 1.61 bits per heavy atom. The topological polar surface area (TPSA) is 101 Å². The molecule has 28 heavy (non-hydrogen) atoms. The summed E-state index contributed by atoms with van der Waals surface area (Å²) in [7, 11) is -4.26. The smallest absolute Gasteiger partial charge is 0.267 e. The quantitative estimate of drug-likeness (QED) is 0.466. The molecule has 3 aliphatic carbocycles. The van der Waals surface area contributed by atoms with E-state index in [1.165, 1.54) is 19.8 Å². The van der Waals surface area contributed by atoms with E-state index < -0.39 is 32.4 Å². The summed E-state index contributed by atoms with van der Waals surface area (Å²) in [6.07, 6.45) is 5.87. The maximum atomic E-state index is 11.9. The third kappa shape index (κ3) is 3.27. The number of rotatable bonds is 2. The van der Waals surface area contributed by atoms with Crippen LogP contribution in [0.5, 0.6) is 0 Å². The van der Waals surface area contributed by atoms with Crippen LogP contribution in [0.3, 0.4) is 0 Å². The van der Waals surface area contributed by atoms with Crippen molar-refractivity contribution in [3.8, 4) is 0 Å². The summed E-state index contributed by atoms with van der Waals surface area (Å²) in [4.78, 5) is 0. The predicted molar refractivity (Wildman–Crippen MR) is 112 cm³/mol. The molecule has 3 aliphatic rings. The molecule has 3 unspecified atom stereocenters. The Balaban J connectivity index is 2.03. The van der Waals surface area contributed by atoms with Crippen LogP contribution in [0.15, 0.2) is 0 Å². The molecule has 0 saturated heterocycles. The van der Waals surface area contributed by atoms with Gasteiger partial charge in [0.25, 0.3) is 10.1 Å². The molecule has 0 aliphatic heterocycles. The summed E-state index contributed by atoms with van der Waals surface area (Å²) in [6, 6.07) is 0. The third-order valence-electron chi connectivity index (χ3n) is 9.83. The highest BCUT2D eigenvalue weighted by Gasteiger charge is 2.62. The van der Waals surface area contributed by atoms with Crippen LogP contribution in [0.25, 0.3) is 0 Å². The van der Waals surface area contributed by atoms with E-state index in [2.05, 4.69) is 34.6 Å². The van der Waals surface area contributed by atoms with E-state index in [0.29, 0.717) is 24.2 Å². The number of hydrogen-bond donors (Lipinski definition) is 3. The Labute approximate surface area is 171 Å². The maximum absolute atomic E-state index is 11.9. The Kier molecular flexibility index (Phi) is 5.57. The summed E-state index contributed by atoms with van der Waals surface area (Å²) in [5, 5.41) is 10.6. The van der Waals surface area contributed by atoms with Crippen molar-refractivity contribution in [2.24, 2.45) is 52.1 Å². The average molecular weight is 416 g/mol. The Hall–Kier alpha value is -0.170. The second-order valence-electron chi connectivity index (χ2n) is 11.3. The van der Waals surface area contributed by atoms with Crippen LogP contribution in [0, 0.1) is 46.3 Å². The molecular weight excluding hydrogens is 374 g/mol. The first-order valence-corrected chi connectivity index (χ1v) is 12.6. The maximum Gasteiger partial charge on any atom is 0.267 e. The molecule has 3 saturated carbocycles. The molecule has 3 rings (SSSR count). The van der Waals surface area contributed by atoms with Gasteiger partial charge >= 0.3 is 0 Å². The largest absolute Gasteiger partial charge is 0.375 e. The molecule has 0 aromatic heterocycles. The zero-order chi connectivity index (χ0) is 21.3. The van der Waals surface area contributed by atoms with E-state index in [0.717, 1.165) is 19.3 Å². The SMILES string of the molecule is CC(C1C[C@@H](C)[C@H]2C[C@@H]3CC[C@@H](C)[C@H](CC[C@]2(C)C1(N)O)C3(C)C)S(=O)(=O)O. The molecule has 0 aromatic carbocycles. The molecule has 4 N–H and O–H groups in total. The van der Waals surface area contributed by atoms with Crippen LogP contribution in [0.2, 0.25) is 0 Å². The van der Waals surface area contributed by atoms with E-state index in [9.17, 15) is 18.1 Å². The summed E-state index contributed by atoms with van der Waals surface area (Å²) in [6.45, 7) is 12.9. The normalized spacial score (nSPS) is 50.2. The minimum absolute atomic E-state index is 0.256. The van der Waals surface area contributed by atoms with Crippen molar-refractivity contribution in [2.75, 3.05) is 0 Å². The Morgan fingerprint density at radius 1 is 1.00 bits per heavy atom. The van der Waals surface area contributed by atoms with Gasteiger partial charge in [-0.15, -0.1) is 0 Å². The van der Waals surface area contributed by atoms with Crippen LogP contribution in [-0.2, 0) is 10.1 Å². The first-order valence-electron chi connectivity index (χ1n) is 11.1. The molecular formula is C22H41NO4S. The van der Waals surface area contributed by atoms with E-state index in [-0.39, 0.29) is 17.3 Å². The van der Waals surface area contributed by atoms with Gasteiger partial charge in [-0.2, -0.15) is 8.42 Å². The van der Waals surface area contributed by atoms with Crippen LogP contribution >= 0.6 is 0 Å². The fraction of sp³-hybridized carbons (Fsp3) is 1.00. The molecule has 164 valence electrons. The fourth-order valence-corrected chi connectivity index (χ4v) is 8.38. The van der Waals surface area contributed by atoms with Crippen molar-refractivity contribution in [3.05, 3.63) is 0 Å². The van der Waals surface area contributed by atoms with Crippen LogP contribution in [0.4, 0.5) is 0 Å². The number of aliphatic hydroxyl groups is 1. The van der Waals surface area contributed by atoms with Crippen molar-refractivity contribution in [1.29, 1.82) is 0 Å². The number of nitrogens with two attached hydrogens (primary N) is 1. The van der Waals surface area contributed by atoms with Gasteiger partial charge in [0.1, 0.15) is 5.72 Å². The van der Waals surface area contributed by atoms with E-state index in [4.69, 9.17) is 5.73 Å². The molecule has 0 amide bonds. The second-order valence-corrected chi connectivity index (χ2v) is 13.1. The average Bonchev–Trinajstić information content (AvgIpc) is 2.54. The second kappa shape index (κ2) is 6.93. The molecule has 9 atom stereocenters. The van der Waals surface area contributed by atoms with Crippen molar-refractivity contribution in [2.45, 2.75) is 91.0 Å². The lowest BCUT2D eigenvalue weighted by Crippen LogP contribution is -2.69. The third-order valence-corrected chi connectivity index (χ3v) is 11.1. The van der Waals surface area contributed by atoms with Gasteiger partial charge in [0, 0.05) is 11.3 Å². The highest BCUT2D eigenvalue weighted by Crippen LogP contribution is 2.63. The van der Waals surface area contributed by atoms with Crippen molar-refractivity contribution < 1.29 is 18.1 Å². The van der Waals surface area contributed by atoms with E-state index in [1.54, 1.807) is 0 Å². The van der Waals surface area contributed by atoms with Gasteiger partial charge in [-0.05, 0) is 74.0 Å². The highest BCUT2D eigenvalue weighted by molar-refractivity contribution is 7.86. The van der Waals surface area contributed by atoms with Gasteiger partial charge < -0.3 is 10.8 Å². The van der Waals surface area contributed by atoms with Gasteiger partial charge in [0.05, 0.1) is 5.25 Å². The molecule has 0 aromatic rings. The molecule has 5 nitrogen and oxygen atoms in total. The summed E-state index contributed by atoms with van der Waals surface area (Å²) in [5.74, 6) is 1.71. The number of fused-ring (bicyclic) bond motifs is 3. The predicted octanol–water partition coefficient (Wildman–Crippen LogP) is 4.06. The zero-order valence-corrected chi connectivity index (χ0v) is 19.3. The Bertz CT molecular complexity index is 703. The van der Waals surface area contributed by atoms with Crippen LogP contribution in [-0.4, -0.2) is 29.1 Å². The lowest BCUT2D eigenvalue weighted by Gasteiger charge is -2.62. The summed E-state index contributed by atoms with van der Waals surface area (Å²) in [5.41, 5.74) is 4.74. The highest BCUT2D eigenvalue weighted by atomic mass is 32.2. The molecule has 0 heterocycles. The monoisotopic (exact) mass is 415 g/mol. The first-order chi connectivity index (χ1) is 12.6. The van der Waals surface area contributed by atoms with E-state index >= 15 is 0 Å². The van der Waals surface area contributed by atoms with Crippen molar-refractivity contribution in [1.82, 2.24) is 0 Å². The zero-order valence-electron chi connectivity index (χ0n) is 18.5. The molecule has 0 spiro atoms. The summed E-state index contributed by atoms with van der Waals surface area (Å²) >= 11 is 0. The standard InChI is InChI=1S/C22H41NO4S/c1-13-7-8-16-12-18-14(2)11-19(15(3)28(25,26)27)22(23,24)21(18,6)10-9-17(13)20(16,4)5/h13-19,24H,7-12,23H2,1-6H3,(H,25,26,27)/t13-,14-,15?,16+,17+,18-,19?,21+,22?/m1/s1. The van der Waals surface area contributed by atoms with E-state index in [1.807, 2.05) is 0 Å². The fourth-order valence-electron chi connectivity index (χ4n) is 7.64. The molecule has 3 fully saturated rings. The Morgan fingerprint density at radius 3 is 2.18 bits per heavy atom. The van der Waals surface area contributed by atoms with Gasteiger partial charge in [0.2, 0.25) is 0 Å². The molecule has 2 bridgehead atoms. The van der Waals surface area contributed by atoms with Gasteiger partial charge in [-0.25, -0.2) is 0 Å². The lowest BCUT2D eigenvalue weighted by atomic mass is 9.45. The van der Waals surface area contributed by atoms with Gasteiger partial charge in [0.15, 0.2) is 0 Å². The van der Waals surface area contributed by atoms with Crippen molar-refractivity contribution >= 4 is 10.1 Å². The van der Waals surface area contributed by atoms with Gasteiger partial charge in [-0.3, -0.25) is 4.55 Å². The molecule has 6 heteroatoms. The van der Waals surface area contributed by atoms with Crippen LogP contribution < -0.4 is 5.73 Å². The van der Waals surface area contributed by atoms with Crippen molar-refractivity contribution in [3.63, 3.8) is 0 Å².